The molecule has 3 unspecified atom stereocenters. The van der Waals surface area contributed by atoms with Crippen molar-refractivity contribution in [2.45, 2.75) is 65.0 Å². The number of rotatable bonds is 1. The third kappa shape index (κ3) is 2.94. The van der Waals surface area contributed by atoms with Crippen LogP contribution < -0.4 is 0 Å². The molecule has 0 bridgehead atoms. The zero-order chi connectivity index (χ0) is 11.4. The average molecular weight is 204 g/mol. The van der Waals surface area contributed by atoms with Crippen molar-refractivity contribution >= 4 is 0 Å². The Morgan fingerprint density at radius 2 is 1.86 bits per heavy atom. The Bertz CT molecular complexity index is 161. The van der Waals surface area contributed by atoms with Crippen LogP contribution in [0.5, 0.6) is 0 Å². The monoisotopic (exact) mass is 204 g/mol. The molecule has 0 aromatic rings. The van der Waals surface area contributed by atoms with Crippen molar-refractivity contribution in [2.75, 3.05) is 7.11 Å². The van der Waals surface area contributed by atoms with Crippen molar-refractivity contribution < 1.29 is 14.6 Å². The fourth-order valence-electron chi connectivity index (χ4n) is 1.88. The number of hydrogen-bond donors (Lipinski definition) is 1. The Kier molecular flexibility index (Phi) is 5.64. The third-order valence-electron chi connectivity index (χ3n) is 2.68. The summed E-state index contributed by atoms with van der Waals surface area (Å²) in [4.78, 5) is 0. The Labute approximate surface area is 87.4 Å². The van der Waals surface area contributed by atoms with E-state index in [0.29, 0.717) is 0 Å². The van der Waals surface area contributed by atoms with Crippen LogP contribution >= 0.6 is 0 Å². The molecule has 1 heterocycles. The summed E-state index contributed by atoms with van der Waals surface area (Å²) in [6.07, 6.45) is 0.236. The molecule has 1 aliphatic heterocycles. The lowest BCUT2D eigenvalue weighted by atomic mass is 9.86. The van der Waals surface area contributed by atoms with E-state index in [0.717, 1.165) is 6.42 Å². The Morgan fingerprint density at radius 1 is 1.36 bits per heavy atom. The fourth-order valence-corrected chi connectivity index (χ4v) is 1.88. The van der Waals surface area contributed by atoms with Crippen LogP contribution in [-0.4, -0.2) is 36.1 Å². The highest BCUT2D eigenvalue weighted by Crippen LogP contribution is 2.31. The summed E-state index contributed by atoms with van der Waals surface area (Å²) in [5, 5.41) is 9.76. The molecule has 0 radical (unpaired) electrons. The lowest BCUT2D eigenvalue weighted by Gasteiger charge is -2.43. The molecule has 0 aromatic heterocycles. The van der Waals surface area contributed by atoms with E-state index in [9.17, 15) is 5.11 Å². The van der Waals surface area contributed by atoms with Gasteiger partial charge >= 0.3 is 0 Å². The van der Waals surface area contributed by atoms with E-state index >= 15 is 0 Å². The largest absolute Gasteiger partial charge is 0.387 e. The van der Waals surface area contributed by atoms with E-state index < -0.39 is 11.7 Å². The van der Waals surface area contributed by atoms with E-state index in [1.54, 1.807) is 7.11 Å². The van der Waals surface area contributed by atoms with Crippen LogP contribution in [0.2, 0.25) is 0 Å². The van der Waals surface area contributed by atoms with Gasteiger partial charge in [-0.2, -0.15) is 0 Å². The zero-order valence-electron chi connectivity index (χ0n) is 10.2. The van der Waals surface area contributed by atoms with E-state index in [4.69, 9.17) is 9.47 Å². The number of hydrogen-bond acceptors (Lipinski definition) is 3. The van der Waals surface area contributed by atoms with Crippen LogP contribution in [0.25, 0.3) is 0 Å². The second-order valence-electron chi connectivity index (χ2n) is 3.82. The van der Waals surface area contributed by atoms with E-state index in [-0.39, 0.29) is 12.2 Å². The average Bonchev–Trinajstić information content (AvgIpc) is 2.17. The van der Waals surface area contributed by atoms with Crippen LogP contribution in [0.4, 0.5) is 0 Å². The fraction of sp³-hybridized carbons (Fsp3) is 1.00. The van der Waals surface area contributed by atoms with Crippen LogP contribution in [0.3, 0.4) is 0 Å². The number of ether oxygens (including phenoxy) is 2. The van der Waals surface area contributed by atoms with Gasteiger partial charge in [0, 0.05) is 13.5 Å². The quantitative estimate of drug-likeness (QED) is 0.709. The standard InChI is InChI=1S/C9H18O3.C2H6/c1-6-5-9(3,11-4)8(10)7(2)12-6;1-2/h6-8,10H,5H2,1-4H3;1-2H3/t6?,7?,8-,9?;/m0./s1. The number of aliphatic hydroxyl groups is 1. The molecule has 1 fully saturated rings. The predicted octanol–water partition coefficient (Wildman–Crippen LogP) is 1.98. The minimum Gasteiger partial charge on any atom is -0.387 e. The van der Waals surface area contributed by atoms with Crippen molar-refractivity contribution in [2.24, 2.45) is 0 Å². The van der Waals surface area contributed by atoms with Crippen molar-refractivity contribution in [1.82, 2.24) is 0 Å². The van der Waals surface area contributed by atoms with Gasteiger partial charge in [0.2, 0.25) is 0 Å². The summed E-state index contributed by atoms with van der Waals surface area (Å²) in [5.41, 5.74) is -0.447. The molecular weight excluding hydrogens is 180 g/mol. The van der Waals surface area contributed by atoms with Gasteiger partial charge in [0.25, 0.3) is 0 Å². The summed E-state index contributed by atoms with van der Waals surface area (Å²) < 4.78 is 10.8. The lowest BCUT2D eigenvalue weighted by Crippen LogP contribution is -2.55. The predicted molar refractivity (Wildman–Crippen MR) is 57.4 cm³/mol. The minimum atomic E-state index is -0.529. The number of methoxy groups -OCH3 is 1. The Morgan fingerprint density at radius 3 is 2.29 bits per heavy atom. The summed E-state index contributed by atoms with van der Waals surface area (Å²) in [6.45, 7) is 9.80. The SMILES string of the molecule is CC.COC1(C)CC(C)OC(C)[C@@H]1O. The molecule has 1 saturated heterocycles. The second kappa shape index (κ2) is 5.69. The van der Waals surface area contributed by atoms with Gasteiger partial charge < -0.3 is 14.6 Å². The highest BCUT2D eigenvalue weighted by molar-refractivity contribution is 4.93. The first-order chi connectivity index (χ1) is 6.49. The van der Waals surface area contributed by atoms with Crippen LogP contribution in [0.1, 0.15) is 41.0 Å². The minimum absolute atomic E-state index is 0.140. The van der Waals surface area contributed by atoms with Gasteiger partial charge in [-0.05, 0) is 20.8 Å². The maximum absolute atomic E-state index is 9.76. The lowest BCUT2D eigenvalue weighted by molar-refractivity contribution is -0.210. The van der Waals surface area contributed by atoms with Gasteiger partial charge in [-0.3, -0.25) is 0 Å². The van der Waals surface area contributed by atoms with Crippen LogP contribution in [0, 0.1) is 0 Å². The van der Waals surface area contributed by atoms with Gasteiger partial charge in [-0.1, -0.05) is 13.8 Å². The first-order valence-corrected chi connectivity index (χ1v) is 5.38. The molecular formula is C11H24O3. The molecule has 14 heavy (non-hydrogen) atoms. The smallest absolute Gasteiger partial charge is 0.109 e. The van der Waals surface area contributed by atoms with Crippen molar-refractivity contribution in [1.29, 1.82) is 0 Å². The molecule has 3 heteroatoms. The normalized spacial score (nSPS) is 42.6. The molecule has 1 aliphatic rings. The van der Waals surface area contributed by atoms with E-state index in [1.165, 1.54) is 0 Å². The van der Waals surface area contributed by atoms with Crippen LogP contribution in [0.15, 0.2) is 0 Å². The first-order valence-electron chi connectivity index (χ1n) is 5.38. The Hall–Kier alpha value is -0.120. The highest BCUT2D eigenvalue weighted by atomic mass is 16.5. The van der Waals surface area contributed by atoms with Gasteiger partial charge in [-0.15, -0.1) is 0 Å². The highest BCUT2D eigenvalue weighted by Gasteiger charge is 2.43. The van der Waals surface area contributed by atoms with Crippen molar-refractivity contribution in [3.8, 4) is 0 Å². The zero-order valence-corrected chi connectivity index (χ0v) is 10.2. The number of aliphatic hydroxyl groups excluding tert-OH is 1. The first kappa shape index (κ1) is 13.9. The maximum Gasteiger partial charge on any atom is 0.109 e. The molecule has 0 saturated carbocycles. The second-order valence-corrected chi connectivity index (χ2v) is 3.82. The van der Waals surface area contributed by atoms with Crippen molar-refractivity contribution in [3.05, 3.63) is 0 Å². The van der Waals surface area contributed by atoms with Gasteiger partial charge in [0.15, 0.2) is 0 Å². The summed E-state index contributed by atoms with van der Waals surface area (Å²) in [6, 6.07) is 0. The molecule has 3 nitrogen and oxygen atoms in total. The van der Waals surface area contributed by atoms with E-state index in [1.807, 2.05) is 34.6 Å². The van der Waals surface area contributed by atoms with Crippen LogP contribution in [-0.2, 0) is 9.47 Å². The summed E-state index contributed by atoms with van der Waals surface area (Å²) >= 11 is 0. The summed E-state index contributed by atoms with van der Waals surface area (Å²) in [7, 11) is 1.63. The third-order valence-corrected chi connectivity index (χ3v) is 2.68. The Balaban J connectivity index is 0.000000791. The van der Waals surface area contributed by atoms with Gasteiger partial charge in [0.1, 0.15) is 6.10 Å². The molecule has 0 amide bonds. The molecule has 0 aliphatic carbocycles. The van der Waals surface area contributed by atoms with Gasteiger partial charge in [0.05, 0.1) is 17.8 Å². The van der Waals surface area contributed by atoms with Crippen molar-refractivity contribution in [3.63, 3.8) is 0 Å². The summed E-state index contributed by atoms with van der Waals surface area (Å²) in [5.74, 6) is 0. The molecule has 4 atom stereocenters. The molecule has 1 N–H and O–H groups in total. The molecule has 0 spiro atoms. The molecule has 1 rings (SSSR count). The maximum atomic E-state index is 9.76. The van der Waals surface area contributed by atoms with E-state index in [2.05, 4.69) is 0 Å². The molecule has 0 aromatic carbocycles. The van der Waals surface area contributed by atoms with Gasteiger partial charge in [-0.25, -0.2) is 0 Å². The molecule has 86 valence electrons. The topological polar surface area (TPSA) is 38.7 Å².